The largest absolute Gasteiger partial charge is 0.507 e. The minimum Gasteiger partial charge on any atom is -0.507 e. The van der Waals surface area contributed by atoms with Crippen LogP contribution in [-0.4, -0.2) is 22.5 Å². The molecule has 2 fully saturated rings. The molecule has 0 aromatic heterocycles. The highest BCUT2D eigenvalue weighted by Crippen LogP contribution is 2.44. The maximum Gasteiger partial charge on any atom is 0.187 e. The molecule has 3 rings (SSSR count). The Hall–Kier alpha value is -1.14. The monoisotopic (exact) mass is 367 g/mol. The van der Waals surface area contributed by atoms with Crippen molar-refractivity contribution in [3.63, 3.8) is 0 Å². The van der Waals surface area contributed by atoms with E-state index in [2.05, 4.69) is 31.8 Å². The Morgan fingerprint density at radius 3 is 2.95 bits per heavy atom. The molecule has 0 spiro atoms. The molecule has 112 valence electrons. The zero-order chi connectivity index (χ0) is 14.8. The lowest BCUT2D eigenvalue weighted by Crippen LogP contribution is -2.42. The number of phenols is 1. The molecule has 2 bridgehead atoms. The lowest BCUT2D eigenvalue weighted by atomic mass is 9.96. The van der Waals surface area contributed by atoms with Gasteiger partial charge in [0.05, 0.1) is 6.21 Å². The van der Waals surface area contributed by atoms with Crippen molar-refractivity contribution in [2.24, 2.45) is 16.9 Å². The molecule has 2 aliphatic carbocycles. The molecule has 2 saturated carbocycles. The molecule has 3 unspecified atom stereocenters. The summed E-state index contributed by atoms with van der Waals surface area (Å²) in [6, 6.07) is 5.70. The Morgan fingerprint density at radius 1 is 1.38 bits per heavy atom. The van der Waals surface area contributed by atoms with Gasteiger partial charge in [-0.15, -0.1) is 0 Å². The van der Waals surface area contributed by atoms with Crippen LogP contribution in [0.4, 0.5) is 0 Å². The SMILES string of the molecule is Oc1ccc(Br)cc1/C=N\NC(=S)NC1CC2CCC1C2. The molecule has 0 saturated heterocycles. The van der Waals surface area contributed by atoms with E-state index in [4.69, 9.17) is 12.2 Å². The fraction of sp³-hybridized carbons (Fsp3) is 0.467. The third-order valence-electron chi connectivity index (χ3n) is 4.41. The predicted octanol–water partition coefficient (Wildman–Crippen LogP) is 3.14. The molecular weight excluding hydrogens is 350 g/mol. The Bertz CT molecular complexity index is 578. The number of aromatic hydroxyl groups is 1. The highest BCUT2D eigenvalue weighted by Gasteiger charge is 2.39. The number of hydrogen-bond donors (Lipinski definition) is 3. The maximum absolute atomic E-state index is 9.71. The van der Waals surface area contributed by atoms with E-state index in [0.717, 1.165) is 16.3 Å². The molecule has 4 nitrogen and oxygen atoms in total. The van der Waals surface area contributed by atoms with Crippen LogP contribution in [0.3, 0.4) is 0 Å². The minimum atomic E-state index is 0.190. The summed E-state index contributed by atoms with van der Waals surface area (Å²) in [5.74, 6) is 1.85. The number of thiocarbonyl (C=S) groups is 1. The number of phenolic OH excluding ortho intramolecular Hbond substituents is 1. The van der Waals surface area contributed by atoms with Crippen LogP contribution >= 0.6 is 28.1 Å². The number of rotatable bonds is 3. The second kappa shape index (κ2) is 6.32. The van der Waals surface area contributed by atoms with Crippen molar-refractivity contribution in [3.05, 3.63) is 28.2 Å². The summed E-state index contributed by atoms with van der Waals surface area (Å²) in [7, 11) is 0. The van der Waals surface area contributed by atoms with Gasteiger partial charge in [-0.3, -0.25) is 5.43 Å². The molecule has 1 aromatic carbocycles. The number of fused-ring (bicyclic) bond motifs is 2. The standard InChI is InChI=1S/C15H18BrN3OS/c16-12-3-4-14(20)11(7-12)8-17-19-15(21)18-13-6-9-1-2-10(13)5-9/h3-4,7-10,13,20H,1-2,5-6H2,(H2,18,19,21)/b17-8-. The Labute approximate surface area is 138 Å². The Balaban J connectivity index is 1.51. The Morgan fingerprint density at radius 2 is 2.24 bits per heavy atom. The second-order valence-electron chi connectivity index (χ2n) is 5.83. The normalized spacial score (nSPS) is 27.2. The van der Waals surface area contributed by atoms with E-state index in [0.29, 0.717) is 16.7 Å². The zero-order valence-corrected chi connectivity index (χ0v) is 14.0. The van der Waals surface area contributed by atoms with Gasteiger partial charge in [-0.1, -0.05) is 22.4 Å². The fourth-order valence-corrected chi connectivity index (χ4v) is 3.99. The van der Waals surface area contributed by atoms with Crippen molar-refractivity contribution in [2.45, 2.75) is 31.7 Å². The molecular formula is C15H18BrN3OS. The molecule has 21 heavy (non-hydrogen) atoms. The molecule has 0 heterocycles. The number of hydrogen-bond acceptors (Lipinski definition) is 3. The lowest BCUT2D eigenvalue weighted by Gasteiger charge is -2.23. The third kappa shape index (κ3) is 3.55. The first-order chi connectivity index (χ1) is 10.1. The number of nitrogens with one attached hydrogen (secondary N) is 2. The summed E-state index contributed by atoms with van der Waals surface area (Å²) in [5, 5.41) is 17.7. The average molecular weight is 368 g/mol. The second-order valence-corrected chi connectivity index (χ2v) is 7.15. The van der Waals surface area contributed by atoms with E-state index in [1.165, 1.54) is 25.7 Å². The van der Waals surface area contributed by atoms with Gasteiger partial charge >= 0.3 is 0 Å². The molecule has 0 radical (unpaired) electrons. The quantitative estimate of drug-likeness (QED) is 0.436. The first kappa shape index (κ1) is 14.8. The number of benzene rings is 1. The van der Waals surface area contributed by atoms with Crippen LogP contribution in [-0.2, 0) is 0 Å². The summed E-state index contributed by atoms with van der Waals surface area (Å²) in [5.41, 5.74) is 3.47. The van der Waals surface area contributed by atoms with Crippen LogP contribution in [0.2, 0.25) is 0 Å². The van der Waals surface area contributed by atoms with Crippen LogP contribution in [0.5, 0.6) is 5.75 Å². The van der Waals surface area contributed by atoms with E-state index >= 15 is 0 Å². The summed E-state index contributed by atoms with van der Waals surface area (Å²) < 4.78 is 0.893. The van der Waals surface area contributed by atoms with Crippen LogP contribution in [0.15, 0.2) is 27.8 Å². The molecule has 3 N–H and O–H groups in total. The van der Waals surface area contributed by atoms with Gasteiger partial charge in [-0.2, -0.15) is 5.10 Å². The van der Waals surface area contributed by atoms with Crippen molar-refractivity contribution in [1.29, 1.82) is 0 Å². The van der Waals surface area contributed by atoms with E-state index < -0.39 is 0 Å². The Kier molecular flexibility index (Phi) is 4.45. The molecule has 0 aliphatic heterocycles. The third-order valence-corrected chi connectivity index (χ3v) is 5.12. The van der Waals surface area contributed by atoms with Crippen molar-refractivity contribution in [1.82, 2.24) is 10.7 Å². The number of halogens is 1. The molecule has 3 atom stereocenters. The minimum absolute atomic E-state index is 0.190. The van der Waals surface area contributed by atoms with Crippen LogP contribution in [0.25, 0.3) is 0 Å². The van der Waals surface area contributed by atoms with E-state index in [9.17, 15) is 5.11 Å². The first-order valence-corrected chi connectivity index (χ1v) is 8.40. The maximum atomic E-state index is 9.71. The van der Waals surface area contributed by atoms with Gasteiger partial charge in [-0.05, 0) is 61.5 Å². The fourth-order valence-electron chi connectivity index (χ4n) is 3.41. The smallest absolute Gasteiger partial charge is 0.187 e. The zero-order valence-electron chi connectivity index (χ0n) is 11.6. The van der Waals surface area contributed by atoms with Crippen LogP contribution < -0.4 is 10.7 Å². The van der Waals surface area contributed by atoms with Gasteiger partial charge < -0.3 is 10.4 Å². The predicted molar refractivity (Wildman–Crippen MR) is 91.5 cm³/mol. The highest BCUT2D eigenvalue weighted by atomic mass is 79.9. The van der Waals surface area contributed by atoms with Crippen molar-refractivity contribution in [3.8, 4) is 5.75 Å². The first-order valence-electron chi connectivity index (χ1n) is 7.20. The van der Waals surface area contributed by atoms with Crippen LogP contribution in [0, 0.1) is 11.8 Å². The van der Waals surface area contributed by atoms with Gasteiger partial charge in [-0.25, -0.2) is 0 Å². The van der Waals surface area contributed by atoms with Gasteiger partial charge in [0, 0.05) is 16.1 Å². The van der Waals surface area contributed by atoms with Crippen molar-refractivity contribution < 1.29 is 5.11 Å². The lowest BCUT2D eigenvalue weighted by molar-refractivity contribution is 0.389. The highest BCUT2D eigenvalue weighted by molar-refractivity contribution is 9.10. The summed E-state index contributed by atoms with van der Waals surface area (Å²) in [6.07, 6.45) is 6.83. The molecule has 2 aliphatic rings. The summed E-state index contributed by atoms with van der Waals surface area (Å²) in [6.45, 7) is 0. The van der Waals surface area contributed by atoms with E-state index in [-0.39, 0.29) is 5.75 Å². The van der Waals surface area contributed by atoms with Gasteiger partial charge in [0.2, 0.25) is 0 Å². The number of nitrogens with zero attached hydrogens (tertiary/aromatic N) is 1. The topological polar surface area (TPSA) is 56.7 Å². The molecule has 0 amide bonds. The number of hydrazone groups is 1. The van der Waals surface area contributed by atoms with Gasteiger partial charge in [0.25, 0.3) is 0 Å². The van der Waals surface area contributed by atoms with Crippen LogP contribution in [0.1, 0.15) is 31.2 Å². The summed E-state index contributed by atoms with van der Waals surface area (Å²) >= 11 is 8.64. The molecule has 6 heteroatoms. The van der Waals surface area contributed by atoms with Gasteiger partial charge in [0.1, 0.15) is 5.75 Å². The van der Waals surface area contributed by atoms with Crippen molar-refractivity contribution >= 4 is 39.5 Å². The van der Waals surface area contributed by atoms with E-state index in [1.807, 2.05) is 0 Å². The van der Waals surface area contributed by atoms with E-state index in [1.54, 1.807) is 24.4 Å². The van der Waals surface area contributed by atoms with Gasteiger partial charge in [0.15, 0.2) is 5.11 Å². The molecule has 1 aromatic rings. The summed E-state index contributed by atoms with van der Waals surface area (Å²) in [4.78, 5) is 0. The average Bonchev–Trinajstić information content (AvgIpc) is 3.05. The van der Waals surface area contributed by atoms with Crippen molar-refractivity contribution in [2.75, 3.05) is 0 Å².